The van der Waals surface area contributed by atoms with Crippen molar-refractivity contribution in [2.45, 2.75) is 18.4 Å². The first-order valence-corrected chi connectivity index (χ1v) is 11.2. The zero-order valence-corrected chi connectivity index (χ0v) is 18.0. The lowest BCUT2D eigenvalue weighted by Gasteiger charge is -2.26. The van der Waals surface area contributed by atoms with Crippen molar-refractivity contribution in [3.63, 3.8) is 0 Å². The molecule has 11 heteroatoms. The molecule has 0 saturated carbocycles. The number of nitrogens with zero attached hydrogens (tertiary/aromatic N) is 3. The van der Waals surface area contributed by atoms with E-state index in [1.807, 2.05) is 31.2 Å². The zero-order chi connectivity index (χ0) is 22.7. The molecule has 0 aliphatic carbocycles. The molecule has 0 spiro atoms. The molecule has 3 aromatic rings. The Bertz CT molecular complexity index is 1220. The van der Waals surface area contributed by atoms with Crippen LogP contribution in [0.2, 0.25) is 0 Å². The van der Waals surface area contributed by atoms with Crippen LogP contribution in [0.15, 0.2) is 51.9 Å². The minimum absolute atomic E-state index is 0.0669. The number of halogens is 1. The molecule has 2 heterocycles. The van der Waals surface area contributed by atoms with Gasteiger partial charge in [-0.15, -0.1) is 0 Å². The average molecular weight is 461 g/mol. The van der Waals surface area contributed by atoms with Crippen molar-refractivity contribution in [3.05, 3.63) is 65.3 Å². The summed E-state index contributed by atoms with van der Waals surface area (Å²) in [7, 11) is -4.12. The number of rotatable bonds is 6. The van der Waals surface area contributed by atoms with Crippen molar-refractivity contribution in [3.8, 4) is 11.4 Å². The summed E-state index contributed by atoms with van der Waals surface area (Å²) in [5, 5.41) is 3.85. The SMILES string of the molecule is Cc1ccc(-c2noc(COC(=O)c3ccc(F)c(S(=O)(=O)N4CCOCC4)c3)n2)cc1. The number of aromatic nitrogens is 2. The van der Waals surface area contributed by atoms with Crippen LogP contribution in [-0.2, 0) is 26.1 Å². The molecular formula is C21H20FN3O6S. The van der Waals surface area contributed by atoms with E-state index < -0.39 is 26.7 Å². The summed E-state index contributed by atoms with van der Waals surface area (Å²) in [6.45, 7) is 2.29. The molecule has 0 unspecified atom stereocenters. The smallest absolute Gasteiger partial charge is 0.338 e. The van der Waals surface area contributed by atoms with Crippen LogP contribution in [0.3, 0.4) is 0 Å². The summed E-state index contributed by atoms with van der Waals surface area (Å²) < 4.78 is 56.3. The van der Waals surface area contributed by atoms with Crippen LogP contribution >= 0.6 is 0 Å². The Morgan fingerprint density at radius 3 is 2.59 bits per heavy atom. The Morgan fingerprint density at radius 2 is 1.88 bits per heavy atom. The number of sulfonamides is 1. The van der Waals surface area contributed by atoms with Crippen LogP contribution in [0.25, 0.3) is 11.4 Å². The van der Waals surface area contributed by atoms with E-state index in [1.165, 1.54) is 0 Å². The van der Waals surface area contributed by atoms with Crippen molar-refractivity contribution in [2.24, 2.45) is 0 Å². The molecule has 1 fully saturated rings. The first kappa shape index (κ1) is 22.1. The fourth-order valence-corrected chi connectivity index (χ4v) is 4.60. The van der Waals surface area contributed by atoms with Crippen molar-refractivity contribution in [1.82, 2.24) is 14.4 Å². The Balaban J connectivity index is 1.46. The number of esters is 1. The van der Waals surface area contributed by atoms with E-state index in [9.17, 15) is 17.6 Å². The monoisotopic (exact) mass is 461 g/mol. The summed E-state index contributed by atoms with van der Waals surface area (Å²) in [5.74, 6) is -1.39. The zero-order valence-electron chi connectivity index (χ0n) is 17.2. The van der Waals surface area contributed by atoms with Gasteiger partial charge in [-0.1, -0.05) is 35.0 Å². The van der Waals surface area contributed by atoms with Crippen LogP contribution in [0.5, 0.6) is 0 Å². The molecule has 1 aromatic heterocycles. The molecule has 2 aromatic carbocycles. The summed E-state index contributed by atoms with van der Waals surface area (Å²) in [6.07, 6.45) is 0. The third kappa shape index (κ3) is 4.69. The maximum atomic E-state index is 14.3. The normalized spacial score (nSPS) is 14.9. The Hall–Kier alpha value is -3.15. The van der Waals surface area contributed by atoms with Gasteiger partial charge in [-0.2, -0.15) is 9.29 Å². The second kappa shape index (κ2) is 9.15. The Labute approximate surface area is 183 Å². The molecule has 1 aliphatic heterocycles. The minimum Gasteiger partial charge on any atom is -0.452 e. The standard InChI is InChI=1S/C21H20FN3O6S/c1-14-2-4-15(5-3-14)20-23-19(31-24-20)13-30-21(26)16-6-7-17(22)18(12-16)32(27,28)25-8-10-29-11-9-25/h2-7,12H,8-11,13H2,1H3. The molecule has 0 bridgehead atoms. The lowest BCUT2D eigenvalue weighted by atomic mass is 10.1. The fourth-order valence-electron chi connectivity index (χ4n) is 3.10. The highest BCUT2D eigenvalue weighted by Crippen LogP contribution is 2.23. The largest absolute Gasteiger partial charge is 0.452 e. The molecular weight excluding hydrogens is 441 g/mol. The number of benzene rings is 2. The van der Waals surface area contributed by atoms with Gasteiger partial charge in [0.15, 0.2) is 6.61 Å². The number of hydrogen-bond donors (Lipinski definition) is 0. The van der Waals surface area contributed by atoms with Gasteiger partial charge in [0.1, 0.15) is 10.7 Å². The predicted octanol–water partition coefficient (Wildman–Crippen LogP) is 2.56. The molecule has 1 saturated heterocycles. The third-order valence-corrected chi connectivity index (χ3v) is 6.77. The number of aryl methyl sites for hydroxylation is 1. The van der Waals surface area contributed by atoms with E-state index >= 15 is 0 Å². The number of carbonyl (C=O) groups excluding carboxylic acids is 1. The van der Waals surface area contributed by atoms with Gasteiger partial charge in [-0.05, 0) is 25.1 Å². The highest BCUT2D eigenvalue weighted by Gasteiger charge is 2.30. The van der Waals surface area contributed by atoms with Crippen LogP contribution in [0.1, 0.15) is 21.8 Å². The van der Waals surface area contributed by atoms with Crippen LogP contribution < -0.4 is 0 Å². The number of hydrogen-bond acceptors (Lipinski definition) is 8. The highest BCUT2D eigenvalue weighted by molar-refractivity contribution is 7.89. The Morgan fingerprint density at radius 1 is 1.16 bits per heavy atom. The van der Waals surface area contributed by atoms with Crippen LogP contribution in [-0.4, -0.2) is 55.1 Å². The van der Waals surface area contributed by atoms with Crippen LogP contribution in [0, 0.1) is 12.7 Å². The van der Waals surface area contributed by atoms with E-state index in [4.69, 9.17) is 14.0 Å². The van der Waals surface area contributed by atoms with E-state index in [0.717, 1.165) is 33.6 Å². The maximum absolute atomic E-state index is 14.3. The lowest BCUT2D eigenvalue weighted by Crippen LogP contribution is -2.41. The molecule has 0 atom stereocenters. The molecule has 0 radical (unpaired) electrons. The van der Waals surface area contributed by atoms with Crippen molar-refractivity contribution >= 4 is 16.0 Å². The van der Waals surface area contributed by atoms with Gasteiger partial charge in [0, 0.05) is 18.7 Å². The number of ether oxygens (including phenoxy) is 2. The molecule has 0 N–H and O–H groups in total. The molecule has 168 valence electrons. The molecule has 1 aliphatic rings. The van der Waals surface area contributed by atoms with Crippen molar-refractivity contribution in [1.29, 1.82) is 0 Å². The van der Waals surface area contributed by atoms with Gasteiger partial charge >= 0.3 is 5.97 Å². The molecule has 0 amide bonds. The first-order chi connectivity index (χ1) is 15.3. The van der Waals surface area contributed by atoms with Gasteiger partial charge in [-0.25, -0.2) is 17.6 Å². The van der Waals surface area contributed by atoms with E-state index in [2.05, 4.69) is 10.1 Å². The number of morpholine rings is 1. The summed E-state index contributed by atoms with van der Waals surface area (Å²) in [6, 6.07) is 10.5. The molecule has 9 nitrogen and oxygen atoms in total. The quantitative estimate of drug-likeness (QED) is 0.515. The predicted molar refractivity (Wildman–Crippen MR) is 110 cm³/mol. The summed E-state index contributed by atoms with van der Waals surface area (Å²) >= 11 is 0. The van der Waals surface area contributed by atoms with E-state index in [1.54, 1.807) is 0 Å². The second-order valence-corrected chi connectivity index (χ2v) is 9.02. The number of carbonyl (C=O) groups is 1. The third-order valence-electron chi connectivity index (χ3n) is 4.86. The topological polar surface area (TPSA) is 112 Å². The Kier molecular flexibility index (Phi) is 6.31. The first-order valence-electron chi connectivity index (χ1n) is 9.79. The van der Waals surface area contributed by atoms with Gasteiger partial charge in [-0.3, -0.25) is 0 Å². The van der Waals surface area contributed by atoms with Crippen LogP contribution in [0.4, 0.5) is 4.39 Å². The minimum atomic E-state index is -4.12. The lowest BCUT2D eigenvalue weighted by molar-refractivity contribution is 0.0429. The van der Waals surface area contributed by atoms with Gasteiger partial charge in [0.2, 0.25) is 15.8 Å². The molecule has 32 heavy (non-hydrogen) atoms. The second-order valence-electron chi connectivity index (χ2n) is 7.12. The molecule has 4 rings (SSSR count). The summed E-state index contributed by atoms with van der Waals surface area (Å²) in [5.41, 5.74) is 1.71. The van der Waals surface area contributed by atoms with Gasteiger partial charge in [0.25, 0.3) is 5.89 Å². The van der Waals surface area contributed by atoms with Gasteiger partial charge in [0.05, 0.1) is 18.8 Å². The fraction of sp³-hybridized carbons (Fsp3) is 0.286. The van der Waals surface area contributed by atoms with Crippen molar-refractivity contribution in [2.75, 3.05) is 26.3 Å². The van der Waals surface area contributed by atoms with Crippen molar-refractivity contribution < 1.29 is 31.6 Å². The average Bonchev–Trinajstić information content (AvgIpc) is 3.28. The van der Waals surface area contributed by atoms with E-state index in [0.29, 0.717) is 5.82 Å². The summed E-state index contributed by atoms with van der Waals surface area (Å²) in [4.78, 5) is 16.0. The highest BCUT2D eigenvalue weighted by atomic mass is 32.2. The van der Waals surface area contributed by atoms with E-state index in [-0.39, 0.29) is 44.4 Å². The maximum Gasteiger partial charge on any atom is 0.338 e. The van der Waals surface area contributed by atoms with Gasteiger partial charge < -0.3 is 14.0 Å².